The molecule has 0 aliphatic carbocycles. The molecule has 2 saturated heterocycles. The molecule has 3 heteroatoms. The quantitative estimate of drug-likeness (QED) is 0.800. The standard InChI is InChI=1S/C12H24N2S/c1-2-11-4-6-14(8-11)12(9-13)5-3-7-15-10-12/h11H,2-10,13H2,1H3. The molecule has 0 bridgehead atoms. The van der Waals surface area contributed by atoms with E-state index < -0.39 is 0 Å². The summed E-state index contributed by atoms with van der Waals surface area (Å²) in [5, 5.41) is 0. The molecule has 2 atom stereocenters. The Morgan fingerprint density at radius 3 is 2.93 bits per heavy atom. The van der Waals surface area contributed by atoms with Crippen LogP contribution in [0.4, 0.5) is 0 Å². The summed E-state index contributed by atoms with van der Waals surface area (Å²) in [5.74, 6) is 3.53. The van der Waals surface area contributed by atoms with Crippen LogP contribution in [0.5, 0.6) is 0 Å². The van der Waals surface area contributed by atoms with Crippen molar-refractivity contribution in [1.29, 1.82) is 0 Å². The third-order valence-electron chi connectivity index (χ3n) is 4.22. The van der Waals surface area contributed by atoms with Crippen LogP contribution >= 0.6 is 11.8 Å². The lowest BCUT2D eigenvalue weighted by Gasteiger charge is -2.43. The molecular weight excluding hydrogens is 204 g/mol. The van der Waals surface area contributed by atoms with E-state index in [4.69, 9.17) is 5.73 Å². The highest BCUT2D eigenvalue weighted by Crippen LogP contribution is 2.35. The Kier molecular flexibility index (Phi) is 3.97. The number of nitrogens with zero attached hydrogens (tertiary/aromatic N) is 1. The van der Waals surface area contributed by atoms with Crippen LogP contribution in [-0.4, -0.2) is 41.6 Å². The molecule has 2 rings (SSSR count). The van der Waals surface area contributed by atoms with Crippen molar-refractivity contribution >= 4 is 11.8 Å². The smallest absolute Gasteiger partial charge is 0.0422 e. The van der Waals surface area contributed by atoms with Gasteiger partial charge in [-0.15, -0.1) is 0 Å². The number of likely N-dealkylation sites (tertiary alicyclic amines) is 1. The van der Waals surface area contributed by atoms with Gasteiger partial charge in [0.05, 0.1) is 0 Å². The van der Waals surface area contributed by atoms with Gasteiger partial charge in [-0.05, 0) is 37.5 Å². The summed E-state index contributed by atoms with van der Waals surface area (Å²) >= 11 is 2.10. The largest absolute Gasteiger partial charge is 0.329 e. The fourth-order valence-corrected chi connectivity index (χ4v) is 4.29. The fourth-order valence-electron chi connectivity index (χ4n) is 2.97. The summed E-state index contributed by atoms with van der Waals surface area (Å²) in [5.41, 5.74) is 6.40. The molecule has 2 N–H and O–H groups in total. The van der Waals surface area contributed by atoms with E-state index in [0.717, 1.165) is 12.5 Å². The Bertz CT molecular complexity index is 202. The highest BCUT2D eigenvalue weighted by atomic mass is 32.2. The van der Waals surface area contributed by atoms with Crippen LogP contribution in [0.1, 0.15) is 32.6 Å². The zero-order valence-corrected chi connectivity index (χ0v) is 10.7. The van der Waals surface area contributed by atoms with Gasteiger partial charge in [0, 0.05) is 24.4 Å². The molecule has 2 aliphatic heterocycles. The minimum atomic E-state index is 0.354. The highest BCUT2D eigenvalue weighted by Gasteiger charge is 2.40. The minimum absolute atomic E-state index is 0.354. The second-order valence-electron chi connectivity index (χ2n) is 5.09. The molecular formula is C12H24N2S. The van der Waals surface area contributed by atoms with Gasteiger partial charge in [-0.25, -0.2) is 0 Å². The monoisotopic (exact) mass is 228 g/mol. The van der Waals surface area contributed by atoms with Crippen molar-refractivity contribution < 1.29 is 0 Å². The molecule has 2 unspecified atom stereocenters. The number of nitrogens with two attached hydrogens (primary N) is 1. The molecule has 0 aromatic carbocycles. The van der Waals surface area contributed by atoms with Crippen LogP contribution in [0.25, 0.3) is 0 Å². The van der Waals surface area contributed by atoms with Crippen molar-refractivity contribution in [1.82, 2.24) is 4.90 Å². The van der Waals surface area contributed by atoms with Crippen molar-refractivity contribution in [2.75, 3.05) is 31.1 Å². The van der Waals surface area contributed by atoms with Gasteiger partial charge in [0.25, 0.3) is 0 Å². The second-order valence-corrected chi connectivity index (χ2v) is 6.20. The Balaban J connectivity index is 1.99. The summed E-state index contributed by atoms with van der Waals surface area (Å²) in [6, 6.07) is 0. The van der Waals surface area contributed by atoms with Gasteiger partial charge in [-0.2, -0.15) is 11.8 Å². The van der Waals surface area contributed by atoms with Crippen molar-refractivity contribution in [2.45, 2.75) is 38.1 Å². The lowest BCUT2D eigenvalue weighted by molar-refractivity contribution is 0.128. The van der Waals surface area contributed by atoms with Crippen LogP contribution in [0.2, 0.25) is 0 Å². The van der Waals surface area contributed by atoms with Crippen LogP contribution in [0.3, 0.4) is 0 Å². The first kappa shape index (κ1) is 11.7. The maximum absolute atomic E-state index is 6.05. The highest BCUT2D eigenvalue weighted by molar-refractivity contribution is 7.99. The summed E-state index contributed by atoms with van der Waals surface area (Å²) < 4.78 is 0. The average molecular weight is 228 g/mol. The first-order chi connectivity index (χ1) is 7.30. The van der Waals surface area contributed by atoms with Gasteiger partial charge < -0.3 is 5.73 Å². The zero-order chi connectivity index (χ0) is 10.7. The van der Waals surface area contributed by atoms with Gasteiger partial charge in [0.15, 0.2) is 0 Å². The Labute approximate surface area is 98.0 Å². The second kappa shape index (κ2) is 5.07. The number of hydrogen-bond donors (Lipinski definition) is 1. The number of rotatable bonds is 3. The van der Waals surface area contributed by atoms with E-state index in [1.807, 2.05) is 0 Å². The maximum atomic E-state index is 6.05. The molecule has 88 valence electrons. The van der Waals surface area contributed by atoms with Crippen LogP contribution < -0.4 is 5.73 Å². The first-order valence-corrected chi connectivity index (χ1v) is 7.49. The molecule has 2 heterocycles. The van der Waals surface area contributed by atoms with E-state index in [1.54, 1.807) is 0 Å². The summed E-state index contributed by atoms with van der Waals surface area (Å²) in [6.07, 6.45) is 5.41. The molecule has 0 aromatic heterocycles. The predicted molar refractivity (Wildman–Crippen MR) is 68.3 cm³/mol. The van der Waals surface area contributed by atoms with Crippen molar-refractivity contribution in [3.8, 4) is 0 Å². The molecule has 0 aromatic rings. The normalized spacial score (nSPS) is 38.4. The third-order valence-corrected chi connectivity index (χ3v) is 5.53. The van der Waals surface area contributed by atoms with Gasteiger partial charge in [-0.3, -0.25) is 4.90 Å². The van der Waals surface area contributed by atoms with E-state index in [0.29, 0.717) is 5.54 Å². The Morgan fingerprint density at radius 2 is 2.40 bits per heavy atom. The molecule has 2 nitrogen and oxygen atoms in total. The van der Waals surface area contributed by atoms with E-state index in [2.05, 4.69) is 23.6 Å². The zero-order valence-electron chi connectivity index (χ0n) is 9.87. The van der Waals surface area contributed by atoms with Gasteiger partial charge in [0.2, 0.25) is 0 Å². The van der Waals surface area contributed by atoms with Crippen LogP contribution in [0, 0.1) is 5.92 Å². The van der Waals surface area contributed by atoms with Crippen molar-refractivity contribution in [2.24, 2.45) is 11.7 Å². The third kappa shape index (κ3) is 2.34. The SMILES string of the molecule is CCC1CCN(C2(CN)CCCSC2)C1. The summed E-state index contributed by atoms with van der Waals surface area (Å²) in [6.45, 7) is 5.76. The number of thioether (sulfide) groups is 1. The molecule has 2 aliphatic rings. The topological polar surface area (TPSA) is 29.3 Å². The summed E-state index contributed by atoms with van der Waals surface area (Å²) in [7, 11) is 0. The minimum Gasteiger partial charge on any atom is -0.329 e. The molecule has 0 amide bonds. The van der Waals surface area contributed by atoms with E-state index in [9.17, 15) is 0 Å². The Hall–Kier alpha value is 0.270. The summed E-state index contributed by atoms with van der Waals surface area (Å²) in [4.78, 5) is 2.70. The van der Waals surface area contributed by atoms with Gasteiger partial charge in [-0.1, -0.05) is 13.3 Å². The molecule has 0 saturated carbocycles. The maximum Gasteiger partial charge on any atom is 0.0422 e. The lowest BCUT2D eigenvalue weighted by atomic mass is 9.93. The first-order valence-electron chi connectivity index (χ1n) is 6.33. The van der Waals surface area contributed by atoms with E-state index >= 15 is 0 Å². The molecule has 15 heavy (non-hydrogen) atoms. The fraction of sp³-hybridized carbons (Fsp3) is 1.00. The van der Waals surface area contributed by atoms with E-state index in [1.165, 1.54) is 50.3 Å². The number of hydrogen-bond acceptors (Lipinski definition) is 3. The van der Waals surface area contributed by atoms with Crippen molar-refractivity contribution in [3.05, 3.63) is 0 Å². The van der Waals surface area contributed by atoms with E-state index in [-0.39, 0.29) is 0 Å². The van der Waals surface area contributed by atoms with Crippen molar-refractivity contribution in [3.63, 3.8) is 0 Å². The predicted octanol–water partition coefficient (Wildman–Crippen LogP) is 1.94. The molecule has 0 spiro atoms. The van der Waals surface area contributed by atoms with Crippen LogP contribution in [0.15, 0.2) is 0 Å². The van der Waals surface area contributed by atoms with Gasteiger partial charge in [0.1, 0.15) is 0 Å². The lowest BCUT2D eigenvalue weighted by Crippen LogP contribution is -2.56. The molecule has 0 radical (unpaired) electrons. The average Bonchev–Trinajstić information content (AvgIpc) is 2.79. The Morgan fingerprint density at radius 1 is 1.53 bits per heavy atom. The van der Waals surface area contributed by atoms with Gasteiger partial charge >= 0.3 is 0 Å². The molecule has 2 fully saturated rings. The van der Waals surface area contributed by atoms with Crippen LogP contribution in [-0.2, 0) is 0 Å².